The van der Waals surface area contributed by atoms with E-state index in [1.165, 1.54) is 7.11 Å². The predicted molar refractivity (Wildman–Crippen MR) is 77.8 cm³/mol. The fourth-order valence-electron chi connectivity index (χ4n) is 2.14. The van der Waals surface area contributed by atoms with E-state index in [0.29, 0.717) is 11.5 Å². The molecule has 0 aliphatic carbocycles. The number of fused-ring (bicyclic) bond motifs is 1. The second kappa shape index (κ2) is 5.72. The van der Waals surface area contributed by atoms with Gasteiger partial charge in [-0.1, -0.05) is 30.3 Å². The number of rotatable bonds is 4. The summed E-state index contributed by atoms with van der Waals surface area (Å²) in [6, 6.07) is 12.8. The topological polar surface area (TPSA) is 68.5 Å². The predicted octanol–water partition coefficient (Wildman–Crippen LogP) is 2.06. The summed E-state index contributed by atoms with van der Waals surface area (Å²) in [7, 11) is 1.51. The number of methoxy groups -OCH3 is 1. The second-order valence-corrected chi connectivity index (χ2v) is 4.45. The Morgan fingerprint density at radius 1 is 1.19 bits per heavy atom. The standard InChI is InChI=1S/C15H14N4O2/c1-21-14(11-5-3-2-4-6-11)15(20)18-13-7-9-16-12-8-10-17-19(12)13/h2-10,14H,1H3,(H,18,20). The first kappa shape index (κ1) is 13.3. The molecule has 0 saturated heterocycles. The number of nitrogens with zero attached hydrogens (tertiary/aromatic N) is 3. The van der Waals surface area contributed by atoms with Crippen LogP contribution >= 0.6 is 0 Å². The summed E-state index contributed by atoms with van der Waals surface area (Å²) in [5, 5.41) is 6.95. The van der Waals surface area contributed by atoms with Crippen molar-refractivity contribution in [3.63, 3.8) is 0 Å². The Kier molecular flexibility index (Phi) is 3.61. The maximum atomic E-state index is 12.4. The summed E-state index contributed by atoms with van der Waals surface area (Å²) in [5.41, 5.74) is 1.46. The van der Waals surface area contributed by atoms with Gasteiger partial charge in [0.05, 0.1) is 6.20 Å². The molecule has 106 valence electrons. The highest BCUT2D eigenvalue weighted by molar-refractivity contribution is 5.94. The van der Waals surface area contributed by atoms with Crippen molar-refractivity contribution in [3.8, 4) is 0 Å². The number of nitrogens with one attached hydrogen (secondary N) is 1. The minimum atomic E-state index is -0.676. The third kappa shape index (κ3) is 2.61. The molecule has 1 amide bonds. The molecule has 0 saturated carbocycles. The van der Waals surface area contributed by atoms with Crippen molar-refractivity contribution in [2.75, 3.05) is 12.4 Å². The number of benzene rings is 1. The molecule has 0 fully saturated rings. The highest BCUT2D eigenvalue weighted by Gasteiger charge is 2.20. The minimum Gasteiger partial charge on any atom is -0.367 e. The van der Waals surface area contributed by atoms with E-state index in [9.17, 15) is 4.79 Å². The van der Waals surface area contributed by atoms with Gasteiger partial charge in [0, 0.05) is 19.4 Å². The third-order valence-electron chi connectivity index (χ3n) is 3.12. The number of anilines is 1. The number of carbonyl (C=O) groups is 1. The van der Waals surface area contributed by atoms with E-state index in [1.807, 2.05) is 30.3 Å². The van der Waals surface area contributed by atoms with Gasteiger partial charge in [-0.15, -0.1) is 0 Å². The van der Waals surface area contributed by atoms with Gasteiger partial charge in [-0.2, -0.15) is 9.61 Å². The molecule has 0 bridgehead atoms. The van der Waals surface area contributed by atoms with Crippen molar-refractivity contribution < 1.29 is 9.53 Å². The Bertz CT molecular complexity index is 754. The summed E-state index contributed by atoms with van der Waals surface area (Å²) >= 11 is 0. The SMILES string of the molecule is COC(C(=O)Nc1ccnc2ccnn12)c1ccccc1. The maximum absolute atomic E-state index is 12.4. The van der Waals surface area contributed by atoms with Crippen molar-refractivity contribution in [2.45, 2.75) is 6.10 Å². The van der Waals surface area contributed by atoms with Crippen molar-refractivity contribution >= 4 is 17.4 Å². The number of ether oxygens (including phenoxy) is 1. The van der Waals surface area contributed by atoms with E-state index in [-0.39, 0.29) is 5.91 Å². The molecule has 21 heavy (non-hydrogen) atoms. The van der Waals surface area contributed by atoms with Gasteiger partial charge in [-0.25, -0.2) is 4.98 Å². The highest BCUT2D eigenvalue weighted by atomic mass is 16.5. The fourth-order valence-corrected chi connectivity index (χ4v) is 2.14. The Morgan fingerprint density at radius 3 is 2.76 bits per heavy atom. The zero-order valence-electron chi connectivity index (χ0n) is 11.4. The molecule has 1 aromatic carbocycles. The lowest BCUT2D eigenvalue weighted by Gasteiger charge is -2.15. The van der Waals surface area contributed by atoms with Gasteiger partial charge in [0.1, 0.15) is 5.82 Å². The smallest absolute Gasteiger partial charge is 0.259 e. The molecule has 1 N–H and O–H groups in total. The maximum Gasteiger partial charge on any atom is 0.259 e. The van der Waals surface area contributed by atoms with E-state index in [1.54, 1.807) is 29.0 Å². The summed E-state index contributed by atoms with van der Waals surface area (Å²) in [5.74, 6) is 0.291. The van der Waals surface area contributed by atoms with E-state index in [2.05, 4.69) is 15.4 Å². The number of carbonyl (C=O) groups excluding carboxylic acids is 1. The lowest BCUT2D eigenvalue weighted by atomic mass is 10.1. The zero-order chi connectivity index (χ0) is 14.7. The molecule has 2 aromatic heterocycles. The van der Waals surface area contributed by atoms with E-state index in [4.69, 9.17) is 4.74 Å². The zero-order valence-corrected chi connectivity index (χ0v) is 11.4. The summed E-state index contributed by atoms with van der Waals surface area (Å²) in [4.78, 5) is 16.6. The van der Waals surface area contributed by atoms with Crippen molar-refractivity contribution in [3.05, 3.63) is 60.4 Å². The van der Waals surface area contributed by atoms with Crippen LogP contribution in [0.1, 0.15) is 11.7 Å². The number of aromatic nitrogens is 3. The van der Waals surface area contributed by atoms with Gasteiger partial charge in [-0.05, 0) is 11.6 Å². The van der Waals surface area contributed by atoms with Crippen LogP contribution in [0.25, 0.3) is 5.65 Å². The molecule has 6 nitrogen and oxygen atoms in total. The second-order valence-electron chi connectivity index (χ2n) is 4.45. The largest absolute Gasteiger partial charge is 0.367 e. The molecule has 3 aromatic rings. The van der Waals surface area contributed by atoms with Gasteiger partial charge in [0.2, 0.25) is 0 Å². The van der Waals surface area contributed by atoms with Crippen LogP contribution < -0.4 is 5.32 Å². The van der Waals surface area contributed by atoms with Gasteiger partial charge in [0.25, 0.3) is 5.91 Å². The van der Waals surface area contributed by atoms with Gasteiger partial charge >= 0.3 is 0 Å². The summed E-state index contributed by atoms with van der Waals surface area (Å²) in [6.07, 6.45) is 2.57. The monoisotopic (exact) mass is 282 g/mol. The minimum absolute atomic E-state index is 0.258. The Labute approximate surface area is 121 Å². The van der Waals surface area contributed by atoms with E-state index in [0.717, 1.165) is 5.56 Å². The molecule has 3 rings (SSSR count). The van der Waals surface area contributed by atoms with Crippen molar-refractivity contribution in [1.29, 1.82) is 0 Å². The quantitative estimate of drug-likeness (QED) is 0.795. The molecule has 6 heteroatoms. The van der Waals surface area contributed by atoms with Crippen LogP contribution in [0.4, 0.5) is 5.82 Å². The molecular weight excluding hydrogens is 268 g/mol. The van der Waals surface area contributed by atoms with Crippen LogP contribution in [0.5, 0.6) is 0 Å². The average Bonchev–Trinajstić information content (AvgIpc) is 2.99. The van der Waals surface area contributed by atoms with Crippen molar-refractivity contribution in [2.24, 2.45) is 0 Å². The first-order chi connectivity index (χ1) is 10.3. The molecule has 0 aliphatic rings. The van der Waals surface area contributed by atoms with Crippen LogP contribution in [0.2, 0.25) is 0 Å². The van der Waals surface area contributed by atoms with Gasteiger partial charge < -0.3 is 10.1 Å². The van der Waals surface area contributed by atoms with Gasteiger partial charge in [-0.3, -0.25) is 4.79 Å². The molecule has 0 spiro atoms. The van der Waals surface area contributed by atoms with E-state index < -0.39 is 6.10 Å². The van der Waals surface area contributed by atoms with Crippen LogP contribution in [0.3, 0.4) is 0 Å². The van der Waals surface area contributed by atoms with Crippen LogP contribution in [0, 0.1) is 0 Å². The molecular formula is C15H14N4O2. The van der Waals surface area contributed by atoms with Gasteiger partial charge in [0.15, 0.2) is 11.8 Å². The Balaban J connectivity index is 1.87. The molecule has 1 unspecified atom stereocenters. The lowest BCUT2D eigenvalue weighted by Crippen LogP contribution is -2.23. The third-order valence-corrected chi connectivity index (χ3v) is 3.12. The molecule has 0 radical (unpaired) electrons. The summed E-state index contributed by atoms with van der Waals surface area (Å²) in [6.45, 7) is 0. The van der Waals surface area contributed by atoms with Crippen LogP contribution in [-0.4, -0.2) is 27.6 Å². The number of hydrogen-bond acceptors (Lipinski definition) is 4. The summed E-state index contributed by atoms with van der Waals surface area (Å²) < 4.78 is 6.87. The lowest BCUT2D eigenvalue weighted by molar-refractivity contribution is -0.126. The normalized spacial score (nSPS) is 12.2. The Hall–Kier alpha value is -2.73. The molecule has 2 heterocycles. The number of hydrogen-bond donors (Lipinski definition) is 1. The fraction of sp³-hybridized carbons (Fsp3) is 0.133. The number of amides is 1. The van der Waals surface area contributed by atoms with E-state index >= 15 is 0 Å². The van der Waals surface area contributed by atoms with Crippen LogP contribution in [-0.2, 0) is 9.53 Å². The first-order valence-corrected chi connectivity index (χ1v) is 6.47. The average molecular weight is 282 g/mol. The molecule has 0 aliphatic heterocycles. The highest BCUT2D eigenvalue weighted by Crippen LogP contribution is 2.19. The first-order valence-electron chi connectivity index (χ1n) is 6.47. The van der Waals surface area contributed by atoms with Crippen molar-refractivity contribution in [1.82, 2.24) is 14.6 Å². The Morgan fingerprint density at radius 2 is 2.00 bits per heavy atom. The molecule has 1 atom stereocenters. The van der Waals surface area contributed by atoms with Crippen LogP contribution in [0.15, 0.2) is 54.9 Å².